The van der Waals surface area contributed by atoms with Crippen molar-refractivity contribution in [3.63, 3.8) is 0 Å². The standard InChI is InChI=1S/C29H62P/c1-5-9-12-13-14-15-16-17-18-19-20-21-22-23-24-25-29-30(26-8-4,27-10-6-2)28-11-7-3/h5-29H2,1-4H3/q+1. The summed E-state index contributed by atoms with van der Waals surface area (Å²) < 4.78 is 0. The van der Waals surface area contributed by atoms with Crippen LogP contribution in [0.2, 0.25) is 0 Å². The molecule has 0 nitrogen and oxygen atoms in total. The average molecular weight is 442 g/mol. The van der Waals surface area contributed by atoms with E-state index in [1.165, 1.54) is 128 Å². The molecule has 0 aliphatic carbocycles. The van der Waals surface area contributed by atoms with Gasteiger partial charge in [0.25, 0.3) is 0 Å². The van der Waals surface area contributed by atoms with Crippen molar-refractivity contribution in [1.29, 1.82) is 0 Å². The van der Waals surface area contributed by atoms with Crippen LogP contribution < -0.4 is 0 Å². The smallest absolute Gasteiger partial charge is 0.0594 e. The normalized spacial score (nSPS) is 12.0. The van der Waals surface area contributed by atoms with E-state index in [1.54, 1.807) is 31.1 Å². The molecule has 0 aromatic heterocycles. The zero-order valence-electron chi connectivity index (χ0n) is 22.1. The van der Waals surface area contributed by atoms with Crippen molar-refractivity contribution >= 4 is 7.26 Å². The quantitative estimate of drug-likeness (QED) is 0.0975. The molecule has 0 bridgehead atoms. The first-order valence-corrected chi connectivity index (χ1v) is 17.1. The molecule has 0 fully saturated rings. The molecule has 0 atom stereocenters. The Labute approximate surface area is 194 Å². The zero-order valence-corrected chi connectivity index (χ0v) is 23.0. The third kappa shape index (κ3) is 19.1. The summed E-state index contributed by atoms with van der Waals surface area (Å²) in [4.78, 5) is 0. The van der Waals surface area contributed by atoms with Gasteiger partial charge in [0.2, 0.25) is 0 Å². The van der Waals surface area contributed by atoms with Crippen LogP contribution in [0.4, 0.5) is 0 Å². The van der Waals surface area contributed by atoms with E-state index in [2.05, 4.69) is 27.7 Å². The van der Waals surface area contributed by atoms with Crippen LogP contribution in [0.3, 0.4) is 0 Å². The molecule has 0 aliphatic heterocycles. The van der Waals surface area contributed by atoms with Crippen molar-refractivity contribution in [2.75, 3.05) is 24.6 Å². The van der Waals surface area contributed by atoms with Gasteiger partial charge in [-0.1, -0.05) is 130 Å². The molecule has 0 aromatic rings. The SMILES string of the molecule is CCCCCCCCCCCCCCCCCC[P+](CCC)(CCCC)CCCC. The molecule has 0 radical (unpaired) electrons. The Balaban J connectivity index is 3.62. The highest BCUT2D eigenvalue weighted by molar-refractivity contribution is 7.75. The third-order valence-corrected chi connectivity index (χ3v) is 12.3. The molecule has 0 N–H and O–H groups in total. The molecule has 0 amide bonds. The first-order chi connectivity index (χ1) is 14.7. The van der Waals surface area contributed by atoms with Gasteiger partial charge >= 0.3 is 0 Å². The van der Waals surface area contributed by atoms with E-state index < -0.39 is 7.26 Å². The van der Waals surface area contributed by atoms with E-state index in [-0.39, 0.29) is 0 Å². The van der Waals surface area contributed by atoms with Crippen LogP contribution >= 0.6 is 7.26 Å². The van der Waals surface area contributed by atoms with Gasteiger partial charge in [-0.15, -0.1) is 0 Å². The van der Waals surface area contributed by atoms with Crippen LogP contribution in [0.1, 0.15) is 163 Å². The van der Waals surface area contributed by atoms with Gasteiger partial charge < -0.3 is 0 Å². The van der Waals surface area contributed by atoms with E-state index in [1.807, 2.05) is 0 Å². The van der Waals surface area contributed by atoms with Crippen LogP contribution in [0, 0.1) is 0 Å². The lowest BCUT2D eigenvalue weighted by Crippen LogP contribution is -2.12. The fourth-order valence-electron chi connectivity index (χ4n) is 5.13. The molecular weight excluding hydrogens is 379 g/mol. The van der Waals surface area contributed by atoms with Crippen molar-refractivity contribution in [1.82, 2.24) is 0 Å². The molecule has 0 aromatic carbocycles. The Kier molecular flexibility index (Phi) is 24.4. The lowest BCUT2D eigenvalue weighted by molar-refractivity contribution is 0.531. The van der Waals surface area contributed by atoms with E-state index >= 15 is 0 Å². The first kappa shape index (κ1) is 30.4. The molecular formula is C29H62P+. The predicted octanol–water partition coefficient (Wildman–Crippen LogP) is 11.3. The fraction of sp³-hybridized carbons (Fsp3) is 1.00. The summed E-state index contributed by atoms with van der Waals surface area (Å²) in [5, 5.41) is 0. The lowest BCUT2D eigenvalue weighted by atomic mass is 10.0. The third-order valence-electron chi connectivity index (χ3n) is 7.16. The molecule has 0 rings (SSSR count). The van der Waals surface area contributed by atoms with Gasteiger partial charge in [0.1, 0.15) is 0 Å². The number of rotatable bonds is 25. The summed E-state index contributed by atoms with van der Waals surface area (Å²) in [5.74, 6) is 0. The topological polar surface area (TPSA) is 0 Å². The van der Waals surface area contributed by atoms with Gasteiger partial charge in [-0.2, -0.15) is 0 Å². The Morgan fingerprint density at radius 2 is 0.567 bits per heavy atom. The van der Waals surface area contributed by atoms with Gasteiger partial charge in [-0.05, 0) is 32.1 Å². The summed E-state index contributed by atoms with van der Waals surface area (Å²) in [5.41, 5.74) is 0. The second-order valence-corrected chi connectivity index (χ2v) is 14.7. The fourth-order valence-corrected chi connectivity index (χ4v) is 10.3. The average Bonchev–Trinajstić information content (AvgIpc) is 2.76. The monoisotopic (exact) mass is 441 g/mol. The van der Waals surface area contributed by atoms with Gasteiger partial charge in [-0.3, -0.25) is 0 Å². The second-order valence-electron chi connectivity index (χ2n) is 10.2. The minimum atomic E-state index is -0.617. The van der Waals surface area contributed by atoms with Gasteiger partial charge in [0.05, 0.1) is 24.6 Å². The maximum atomic E-state index is 2.43. The Morgan fingerprint density at radius 1 is 0.267 bits per heavy atom. The van der Waals surface area contributed by atoms with E-state index in [4.69, 9.17) is 0 Å². The van der Waals surface area contributed by atoms with E-state index in [9.17, 15) is 0 Å². The summed E-state index contributed by atoms with van der Waals surface area (Å²) >= 11 is 0. The van der Waals surface area contributed by atoms with E-state index in [0.29, 0.717) is 0 Å². The summed E-state index contributed by atoms with van der Waals surface area (Å²) in [6, 6.07) is 0. The summed E-state index contributed by atoms with van der Waals surface area (Å²) in [7, 11) is -0.617. The highest BCUT2D eigenvalue weighted by Gasteiger charge is 2.34. The van der Waals surface area contributed by atoms with Gasteiger partial charge in [0.15, 0.2) is 0 Å². The van der Waals surface area contributed by atoms with Crippen molar-refractivity contribution in [3.8, 4) is 0 Å². The van der Waals surface area contributed by atoms with Gasteiger partial charge in [0, 0.05) is 7.26 Å². The molecule has 0 saturated heterocycles. The van der Waals surface area contributed by atoms with Gasteiger partial charge in [-0.25, -0.2) is 0 Å². The second kappa shape index (κ2) is 24.1. The molecule has 0 spiro atoms. The minimum Gasteiger partial charge on any atom is -0.0654 e. The largest absolute Gasteiger partial charge is 0.0654 e. The van der Waals surface area contributed by atoms with Crippen molar-refractivity contribution in [3.05, 3.63) is 0 Å². The highest BCUT2D eigenvalue weighted by atomic mass is 31.2. The maximum Gasteiger partial charge on any atom is 0.0594 e. The minimum absolute atomic E-state index is 0.617. The first-order valence-electron chi connectivity index (χ1n) is 14.6. The number of hydrogen-bond acceptors (Lipinski definition) is 0. The predicted molar refractivity (Wildman–Crippen MR) is 146 cm³/mol. The van der Waals surface area contributed by atoms with Crippen LogP contribution in [0.5, 0.6) is 0 Å². The molecule has 0 saturated carbocycles. The summed E-state index contributed by atoms with van der Waals surface area (Å²) in [6.07, 6.45) is 37.4. The van der Waals surface area contributed by atoms with Crippen LogP contribution in [-0.4, -0.2) is 24.6 Å². The van der Waals surface area contributed by atoms with Crippen LogP contribution in [0.15, 0.2) is 0 Å². The summed E-state index contributed by atoms with van der Waals surface area (Å²) in [6.45, 7) is 9.51. The maximum absolute atomic E-state index is 2.43. The molecule has 0 heterocycles. The Morgan fingerprint density at radius 3 is 0.900 bits per heavy atom. The molecule has 0 unspecified atom stereocenters. The van der Waals surface area contributed by atoms with E-state index in [0.717, 1.165) is 0 Å². The van der Waals surface area contributed by atoms with Crippen molar-refractivity contribution in [2.24, 2.45) is 0 Å². The number of unbranched alkanes of at least 4 members (excludes halogenated alkanes) is 17. The van der Waals surface area contributed by atoms with Crippen molar-refractivity contribution < 1.29 is 0 Å². The highest BCUT2D eigenvalue weighted by Crippen LogP contribution is 2.61. The Bertz CT molecular complexity index is 303. The lowest BCUT2D eigenvalue weighted by Gasteiger charge is -2.27. The number of hydrogen-bond donors (Lipinski definition) is 0. The molecule has 0 aliphatic rings. The molecule has 30 heavy (non-hydrogen) atoms. The zero-order chi connectivity index (χ0) is 22.2. The van der Waals surface area contributed by atoms with Crippen molar-refractivity contribution in [2.45, 2.75) is 163 Å². The Hall–Kier alpha value is 0.430. The molecule has 1 heteroatoms. The van der Waals surface area contributed by atoms with Crippen LogP contribution in [0.25, 0.3) is 0 Å². The van der Waals surface area contributed by atoms with Crippen LogP contribution in [-0.2, 0) is 0 Å². The molecule has 182 valence electrons.